The van der Waals surface area contributed by atoms with Gasteiger partial charge < -0.3 is 9.47 Å². The maximum Gasteiger partial charge on any atom is 0.124 e. The standard InChI is InChI=1S/C15H20N4/c1-11(2)9-19-14-6-5-12(8-16)7-13(14)17-15(19)10-18(3)4/h5-7,11H,9-10H2,1-4H3. The van der Waals surface area contributed by atoms with E-state index >= 15 is 0 Å². The molecule has 2 rings (SSSR count). The van der Waals surface area contributed by atoms with Crippen molar-refractivity contribution < 1.29 is 0 Å². The zero-order valence-corrected chi connectivity index (χ0v) is 12.0. The number of hydrogen-bond acceptors (Lipinski definition) is 3. The van der Waals surface area contributed by atoms with Gasteiger partial charge in [0, 0.05) is 6.54 Å². The van der Waals surface area contributed by atoms with Crippen LogP contribution in [0.3, 0.4) is 0 Å². The first-order valence-electron chi connectivity index (χ1n) is 6.55. The first kappa shape index (κ1) is 13.6. The molecule has 2 aromatic rings. The summed E-state index contributed by atoms with van der Waals surface area (Å²) in [7, 11) is 4.08. The van der Waals surface area contributed by atoms with Gasteiger partial charge in [0.25, 0.3) is 0 Å². The Morgan fingerprint density at radius 1 is 1.37 bits per heavy atom. The van der Waals surface area contributed by atoms with E-state index < -0.39 is 0 Å². The highest BCUT2D eigenvalue weighted by atomic mass is 15.2. The van der Waals surface area contributed by atoms with Crippen LogP contribution >= 0.6 is 0 Å². The smallest absolute Gasteiger partial charge is 0.124 e. The summed E-state index contributed by atoms with van der Waals surface area (Å²) in [6.45, 7) is 6.17. The third kappa shape index (κ3) is 2.94. The van der Waals surface area contributed by atoms with Gasteiger partial charge in [-0.3, -0.25) is 0 Å². The number of rotatable bonds is 4. The number of nitrogens with zero attached hydrogens (tertiary/aromatic N) is 4. The molecule has 19 heavy (non-hydrogen) atoms. The number of aromatic nitrogens is 2. The third-order valence-corrected chi connectivity index (χ3v) is 2.96. The molecular weight excluding hydrogens is 236 g/mol. The van der Waals surface area contributed by atoms with Crippen LogP contribution < -0.4 is 0 Å². The van der Waals surface area contributed by atoms with Crippen LogP contribution in [0, 0.1) is 17.2 Å². The zero-order chi connectivity index (χ0) is 14.0. The lowest BCUT2D eigenvalue weighted by molar-refractivity contribution is 0.375. The van der Waals surface area contributed by atoms with Crippen LogP contribution in [0.25, 0.3) is 11.0 Å². The van der Waals surface area contributed by atoms with E-state index in [0.29, 0.717) is 11.5 Å². The van der Waals surface area contributed by atoms with E-state index in [4.69, 9.17) is 5.26 Å². The van der Waals surface area contributed by atoms with E-state index in [9.17, 15) is 0 Å². The second-order valence-electron chi connectivity index (χ2n) is 5.59. The Kier molecular flexibility index (Phi) is 3.87. The molecule has 0 amide bonds. The van der Waals surface area contributed by atoms with Crippen molar-refractivity contribution in [1.29, 1.82) is 5.26 Å². The molecule has 4 heteroatoms. The molecule has 0 atom stereocenters. The number of hydrogen-bond donors (Lipinski definition) is 0. The zero-order valence-electron chi connectivity index (χ0n) is 12.0. The maximum atomic E-state index is 8.97. The number of nitriles is 1. The first-order chi connectivity index (χ1) is 9.01. The third-order valence-electron chi connectivity index (χ3n) is 2.96. The summed E-state index contributed by atoms with van der Waals surface area (Å²) in [5.41, 5.74) is 2.69. The van der Waals surface area contributed by atoms with Gasteiger partial charge in [0.05, 0.1) is 29.2 Å². The fourth-order valence-electron chi connectivity index (χ4n) is 2.22. The van der Waals surface area contributed by atoms with Crippen LogP contribution in [0.15, 0.2) is 18.2 Å². The molecule has 0 aliphatic heterocycles. The van der Waals surface area contributed by atoms with Gasteiger partial charge in [0.1, 0.15) is 5.82 Å². The van der Waals surface area contributed by atoms with Gasteiger partial charge in [-0.25, -0.2) is 4.98 Å². The lowest BCUT2D eigenvalue weighted by Crippen LogP contribution is -2.17. The fourth-order valence-corrected chi connectivity index (χ4v) is 2.22. The Balaban J connectivity index is 2.55. The average molecular weight is 256 g/mol. The van der Waals surface area contributed by atoms with Crippen molar-refractivity contribution in [2.75, 3.05) is 14.1 Å². The van der Waals surface area contributed by atoms with Gasteiger partial charge in [-0.2, -0.15) is 5.26 Å². The van der Waals surface area contributed by atoms with Crippen molar-refractivity contribution in [2.24, 2.45) is 5.92 Å². The van der Waals surface area contributed by atoms with Crippen LogP contribution in [0.5, 0.6) is 0 Å². The molecule has 1 aromatic heterocycles. The molecule has 0 unspecified atom stereocenters. The van der Waals surface area contributed by atoms with E-state index in [1.54, 1.807) is 0 Å². The summed E-state index contributed by atoms with van der Waals surface area (Å²) in [6, 6.07) is 7.90. The molecule has 0 N–H and O–H groups in total. The molecule has 0 bridgehead atoms. The molecule has 0 saturated carbocycles. The largest absolute Gasteiger partial charge is 0.327 e. The van der Waals surface area contributed by atoms with E-state index in [1.807, 2.05) is 32.3 Å². The van der Waals surface area contributed by atoms with Gasteiger partial charge in [-0.15, -0.1) is 0 Å². The van der Waals surface area contributed by atoms with Crippen LogP contribution in [-0.4, -0.2) is 28.5 Å². The topological polar surface area (TPSA) is 44.9 Å². The van der Waals surface area contributed by atoms with Gasteiger partial charge in [-0.1, -0.05) is 13.8 Å². The summed E-state index contributed by atoms with van der Waals surface area (Å²) >= 11 is 0. The summed E-state index contributed by atoms with van der Waals surface area (Å²) in [5, 5.41) is 8.97. The Morgan fingerprint density at radius 2 is 2.11 bits per heavy atom. The molecular formula is C15H20N4. The van der Waals surface area contributed by atoms with Crippen molar-refractivity contribution >= 4 is 11.0 Å². The fraction of sp³-hybridized carbons (Fsp3) is 0.467. The molecule has 0 fully saturated rings. The summed E-state index contributed by atoms with van der Waals surface area (Å²) in [4.78, 5) is 6.80. The molecule has 0 aliphatic carbocycles. The van der Waals surface area contributed by atoms with E-state index in [0.717, 1.165) is 29.9 Å². The second-order valence-corrected chi connectivity index (χ2v) is 5.59. The maximum absolute atomic E-state index is 8.97. The normalized spacial score (nSPS) is 11.4. The number of benzene rings is 1. The summed E-state index contributed by atoms with van der Waals surface area (Å²) in [6.07, 6.45) is 0. The van der Waals surface area contributed by atoms with Gasteiger partial charge in [0.15, 0.2) is 0 Å². The SMILES string of the molecule is CC(C)Cn1c(CN(C)C)nc2cc(C#N)ccc21. The van der Waals surface area contributed by atoms with Crippen LogP contribution in [0.2, 0.25) is 0 Å². The Morgan fingerprint density at radius 3 is 2.68 bits per heavy atom. The van der Waals surface area contributed by atoms with Crippen molar-refractivity contribution in [3.63, 3.8) is 0 Å². The van der Waals surface area contributed by atoms with Crippen molar-refractivity contribution in [3.8, 4) is 6.07 Å². The molecule has 0 spiro atoms. The van der Waals surface area contributed by atoms with E-state index in [2.05, 4.69) is 34.4 Å². The average Bonchev–Trinajstić information content (AvgIpc) is 2.65. The predicted molar refractivity (Wildman–Crippen MR) is 76.7 cm³/mol. The lowest BCUT2D eigenvalue weighted by atomic mass is 10.2. The summed E-state index contributed by atoms with van der Waals surface area (Å²) < 4.78 is 2.27. The van der Waals surface area contributed by atoms with Crippen molar-refractivity contribution in [1.82, 2.24) is 14.5 Å². The van der Waals surface area contributed by atoms with Crippen molar-refractivity contribution in [2.45, 2.75) is 26.9 Å². The molecule has 1 heterocycles. The highest BCUT2D eigenvalue weighted by Crippen LogP contribution is 2.20. The Bertz CT molecular complexity index is 617. The van der Waals surface area contributed by atoms with Crippen LogP contribution in [0.4, 0.5) is 0 Å². The molecule has 4 nitrogen and oxygen atoms in total. The van der Waals surface area contributed by atoms with Gasteiger partial charge >= 0.3 is 0 Å². The van der Waals surface area contributed by atoms with E-state index in [-0.39, 0.29) is 0 Å². The highest BCUT2D eigenvalue weighted by molar-refractivity contribution is 5.77. The van der Waals surface area contributed by atoms with Crippen LogP contribution in [-0.2, 0) is 13.1 Å². The molecule has 0 radical (unpaired) electrons. The molecule has 0 aliphatic rings. The van der Waals surface area contributed by atoms with Crippen LogP contribution in [0.1, 0.15) is 25.2 Å². The Labute approximate surface area is 114 Å². The summed E-state index contributed by atoms with van der Waals surface area (Å²) in [5.74, 6) is 1.62. The predicted octanol–water partition coefficient (Wildman–Crippen LogP) is 2.63. The molecule has 100 valence electrons. The van der Waals surface area contributed by atoms with Gasteiger partial charge in [-0.05, 0) is 38.2 Å². The monoisotopic (exact) mass is 256 g/mol. The number of imidazole rings is 1. The minimum Gasteiger partial charge on any atom is -0.327 e. The van der Waals surface area contributed by atoms with Gasteiger partial charge in [0.2, 0.25) is 0 Å². The minimum atomic E-state index is 0.564. The highest BCUT2D eigenvalue weighted by Gasteiger charge is 2.12. The Hall–Kier alpha value is -1.86. The molecule has 0 saturated heterocycles. The first-order valence-corrected chi connectivity index (χ1v) is 6.55. The molecule has 1 aromatic carbocycles. The van der Waals surface area contributed by atoms with Crippen molar-refractivity contribution in [3.05, 3.63) is 29.6 Å². The quantitative estimate of drug-likeness (QED) is 0.844. The van der Waals surface area contributed by atoms with E-state index in [1.165, 1.54) is 0 Å². The number of fused-ring (bicyclic) bond motifs is 1. The second kappa shape index (κ2) is 5.41. The lowest BCUT2D eigenvalue weighted by Gasteiger charge is -2.14. The minimum absolute atomic E-state index is 0.564.